The fourth-order valence-corrected chi connectivity index (χ4v) is 1.77. The zero-order chi connectivity index (χ0) is 13.5. The van der Waals surface area contributed by atoms with E-state index in [0.717, 1.165) is 25.0 Å². The van der Waals surface area contributed by atoms with Gasteiger partial charge in [0.25, 0.3) is 5.91 Å². The van der Waals surface area contributed by atoms with Crippen molar-refractivity contribution in [2.45, 2.75) is 33.1 Å². The molecule has 0 atom stereocenters. The van der Waals surface area contributed by atoms with Gasteiger partial charge in [0.1, 0.15) is 0 Å². The van der Waals surface area contributed by atoms with Crippen molar-refractivity contribution in [2.75, 3.05) is 18.8 Å². The quantitative estimate of drug-likeness (QED) is 0.748. The van der Waals surface area contributed by atoms with Crippen LogP contribution in [0.25, 0.3) is 0 Å². The van der Waals surface area contributed by atoms with Gasteiger partial charge >= 0.3 is 0 Å². The number of H-pyrrole nitrogens is 1. The van der Waals surface area contributed by atoms with E-state index < -0.39 is 0 Å². The molecule has 0 saturated carbocycles. The molecule has 0 bridgehead atoms. The van der Waals surface area contributed by atoms with E-state index in [1.54, 1.807) is 4.90 Å². The Hall–Kier alpha value is -1.96. The predicted molar refractivity (Wildman–Crippen MR) is 72.0 cm³/mol. The molecule has 1 amide bonds. The lowest BCUT2D eigenvalue weighted by molar-refractivity contribution is 0.0772. The Labute approximate surface area is 108 Å². The molecule has 0 aliphatic heterocycles. The lowest BCUT2D eigenvalue weighted by Crippen LogP contribution is -2.32. The monoisotopic (exact) mass is 248 g/mol. The number of nitrogen functional groups attached to an aromatic ring is 1. The number of nitrogens with two attached hydrogens (primary N) is 1. The number of anilines is 1. The summed E-state index contributed by atoms with van der Waals surface area (Å²) in [6, 6.07) is 0. The van der Waals surface area contributed by atoms with Gasteiger partial charge in [-0.3, -0.25) is 9.89 Å². The summed E-state index contributed by atoms with van der Waals surface area (Å²) in [7, 11) is 0. The highest BCUT2D eigenvalue weighted by Gasteiger charge is 2.21. The molecule has 1 heterocycles. The maximum absolute atomic E-state index is 12.2. The Morgan fingerprint density at radius 2 is 2.22 bits per heavy atom. The average Bonchev–Trinajstić information content (AvgIpc) is 2.71. The van der Waals surface area contributed by atoms with Gasteiger partial charge in [0.2, 0.25) is 0 Å². The van der Waals surface area contributed by atoms with E-state index in [9.17, 15) is 4.79 Å². The number of terminal acetylenes is 1. The number of hydrogen-bond acceptors (Lipinski definition) is 3. The highest BCUT2D eigenvalue weighted by molar-refractivity contribution is 5.97. The molecule has 0 aromatic carbocycles. The van der Waals surface area contributed by atoms with Crippen molar-refractivity contribution in [2.24, 2.45) is 0 Å². The summed E-state index contributed by atoms with van der Waals surface area (Å²) in [6.07, 6.45) is 7.84. The number of amides is 1. The average molecular weight is 248 g/mol. The van der Waals surface area contributed by atoms with E-state index in [-0.39, 0.29) is 18.1 Å². The van der Waals surface area contributed by atoms with E-state index >= 15 is 0 Å². The molecule has 3 N–H and O–H groups in total. The summed E-state index contributed by atoms with van der Waals surface area (Å²) < 4.78 is 0. The summed E-state index contributed by atoms with van der Waals surface area (Å²) in [5, 5.41) is 6.83. The third kappa shape index (κ3) is 3.04. The molecule has 0 unspecified atom stereocenters. The Morgan fingerprint density at radius 1 is 1.50 bits per heavy atom. The number of carbonyl (C=O) groups is 1. The van der Waals surface area contributed by atoms with Crippen LogP contribution < -0.4 is 5.73 Å². The van der Waals surface area contributed by atoms with Gasteiger partial charge < -0.3 is 10.6 Å². The Morgan fingerprint density at radius 3 is 2.78 bits per heavy atom. The molecule has 1 aromatic rings. The predicted octanol–water partition coefficient (Wildman–Crippen LogP) is 1.43. The number of carbonyl (C=O) groups excluding carboxylic acids is 1. The lowest BCUT2D eigenvalue weighted by atomic mass is 10.2. The first-order valence-corrected chi connectivity index (χ1v) is 6.21. The Bertz CT molecular complexity index is 444. The van der Waals surface area contributed by atoms with Gasteiger partial charge in [0, 0.05) is 6.54 Å². The number of hydrogen-bond donors (Lipinski definition) is 2. The zero-order valence-corrected chi connectivity index (χ0v) is 11.0. The number of aromatic amines is 1. The van der Waals surface area contributed by atoms with Gasteiger partial charge in [-0.15, -0.1) is 6.42 Å². The number of nitrogens with zero attached hydrogens (tertiary/aromatic N) is 2. The summed E-state index contributed by atoms with van der Waals surface area (Å²) in [5.41, 5.74) is 7.47. The molecule has 1 rings (SSSR count). The van der Waals surface area contributed by atoms with E-state index in [1.807, 2.05) is 13.8 Å². The van der Waals surface area contributed by atoms with Crippen LogP contribution in [0, 0.1) is 12.3 Å². The molecule has 0 spiro atoms. The zero-order valence-electron chi connectivity index (χ0n) is 11.0. The highest BCUT2D eigenvalue weighted by Crippen LogP contribution is 2.17. The Balaban J connectivity index is 2.91. The molecule has 0 saturated heterocycles. The molecule has 5 nitrogen and oxygen atoms in total. The van der Waals surface area contributed by atoms with Crippen LogP contribution in [0.4, 0.5) is 5.69 Å². The first-order valence-electron chi connectivity index (χ1n) is 6.21. The first kappa shape index (κ1) is 14.1. The Kier molecular flexibility index (Phi) is 5.25. The molecule has 1 aromatic heterocycles. The van der Waals surface area contributed by atoms with Crippen LogP contribution in [0.15, 0.2) is 0 Å². The normalized spacial score (nSPS) is 10.1. The van der Waals surface area contributed by atoms with Gasteiger partial charge in [0.05, 0.1) is 17.9 Å². The van der Waals surface area contributed by atoms with Crippen molar-refractivity contribution in [1.82, 2.24) is 15.1 Å². The minimum Gasteiger partial charge on any atom is -0.395 e. The number of rotatable bonds is 6. The maximum atomic E-state index is 12.2. The second-order valence-electron chi connectivity index (χ2n) is 4.15. The van der Waals surface area contributed by atoms with Crippen molar-refractivity contribution >= 4 is 11.6 Å². The second-order valence-corrected chi connectivity index (χ2v) is 4.15. The maximum Gasteiger partial charge on any atom is 0.277 e. The largest absolute Gasteiger partial charge is 0.395 e. The molecule has 5 heteroatoms. The number of aryl methyl sites for hydroxylation is 1. The van der Waals surface area contributed by atoms with Crippen molar-refractivity contribution in [1.29, 1.82) is 0 Å². The fraction of sp³-hybridized carbons (Fsp3) is 0.538. The molecule has 0 aliphatic rings. The molecule has 0 aliphatic carbocycles. The smallest absolute Gasteiger partial charge is 0.277 e. The molecule has 0 fully saturated rings. The summed E-state index contributed by atoms with van der Waals surface area (Å²) in [6.45, 7) is 4.93. The summed E-state index contributed by atoms with van der Waals surface area (Å²) >= 11 is 0. The van der Waals surface area contributed by atoms with Crippen LogP contribution in [-0.2, 0) is 6.42 Å². The van der Waals surface area contributed by atoms with Crippen molar-refractivity contribution < 1.29 is 4.79 Å². The molecule has 0 radical (unpaired) electrons. The van der Waals surface area contributed by atoms with Crippen LogP contribution in [0.3, 0.4) is 0 Å². The van der Waals surface area contributed by atoms with E-state index in [0.29, 0.717) is 12.2 Å². The third-order valence-corrected chi connectivity index (χ3v) is 2.65. The topological polar surface area (TPSA) is 75.0 Å². The van der Waals surface area contributed by atoms with Crippen LogP contribution >= 0.6 is 0 Å². The minimum atomic E-state index is -0.203. The lowest BCUT2D eigenvalue weighted by Gasteiger charge is -2.18. The van der Waals surface area contributed by atoms with Crippen LogP contribution in [0.1, 0.15) is 42.9 Å². The number of aromatic nitrogens is 2. The van der Waals surface area contributed by atoms with E-state index in [2.05, 4.69) is 16.1 Å². The molecular formula is C13H20N4O. The molecular weight excluding hydrogens is 228 g/mol. The minimum absolute atomic E-state index is 0.203. The SMILES string of the molecule is C#CCN(CCC)C(=O)c1n[nH]c(CCC)c1N. The van der Waals surface area contributed by atoms with Gasteiger partial charge in [-0.1, -0.05) is 26.2 Å². The first-order chi connectivity index (χ1) is 8.65. The van der Waals surface area contributed by atoms with Gasteiger partial charge in [-0.2, -0.15) is 5.10 Å². The van der Waals surface area contributed by atoms with Crippen LogP contribution in [0.5, 0.6) is 0 Å². The summed E-state index contributed by atoms with van der Waals surface area (Å²) in [5.74, 6) is 2.28. The third-order valence-electron chi connectivity index (χ3n) is 2.65. The van der Waals surface area contributed by atoms with Crippen molar-refractivity contribution in [3.63, 3.8) is 0 Å². The molecule has 18 heavy (non-hydrogen) atoms. The van der Waals surface area contributed by atoms with Crippen molar-refractivity contribution in [3.05, 3.63) is 11.4 Å². The standard InChI is InChI=1S/C13H20N4O/c1-4-7-10-11(14)12(16-15-10)13(18)17(8-5-2)9-6-3/h2H,4,6-9,14H2,1,3H3,(H,15,16). The molecule has 98 valence electrons. The van der Waals surface area contributed by atoms with Gasteiger partial charge in [0.15, 0.2) is 5.69 Å². The van der Waals surface area contributed by atoms with Crippen LogP contribution in [-0.4, -0.2) is 34.1 Å². The number of nitrogens with one attached hydrogen (secondary N) is 1. The van der Waals surface area contributed by atoms with E-state index in [4.69, 9.17) is 12.2 Å². The van der Waals surface area contributed by atoms with Gasteiger partial charge in [-0.05, 0) is 12.8 Å². The second kappa shape index (κ2) is 6.70. The highest BCUT2D eigenvalue weighted by atomic mass is 16.2. The van der Waals surface area contributed by atoms with Crippen molar-refractivity contribution in [3.8, 4) is 12.3 Å². The van der Waals surface area contributed by atoms with E-state index in [1.165, 1.54) is 0 Å². The summed E-state index contributed by atoms with van der Waals surface area (Å²) in [4.78, 5) is 13.8. The van der Waals surface area contributed by atoms with Crippen LogP contribution in [0.2, 0.25) is 0 Å². The van der Waals surface area contributed by atoms with Gasteiger partial charge in [-0.25, -0.2) is 0 Å². The fourth-order valence-electron chi connectivity index (χ4n) is 1.77.